The Balaban J connectivity index is 1.06. The van der Waals surface area contributed by atoms with Gasteiger partial charge in [-0.05, 0) is 72.7 Å². The predicted octanol–water partition coefficient (Wildman–Crippen LogP) is 7.17. The van der Waals surface area contributed by atoms with E-state index in [1.807, 2.05) is 30.5 Å². The largest absolute Gasteiger partial charge is 0.493 e. The van der Waals surface area contributed by atoms with Crippen LogP contribution in [0, 0.1) is 25.2 Å². The summed E-state index contributed by atoms with van der Waals surface area (Å²) in [6.45, 7) is 10.4. The molecule has 3 aromatic carbocycles. The number of ether oxygens (including phenoxy) is 3. The normalized spacial score (nSPS) is 15.9. The monoisotopic (exact) mass is 732 g/mol. The van der Waals surface area contributed by atoms with Gasteiger partial charge in [-0.15, -0.1) is 0 Å². The first kappa shape index (κ1) is 36.4. The molecule has 2 aliphatic heterocycles. The van der Waals surface area contributed by atoms with E-state index in [0.717, 1.165) is 96.7 Å². The van der Waals surface area contributed by atoms with Crippen molar-refractivity contribution >= 4 is 11.6 Å². The molecule has 53 heavy (non-hydrogen) atoms. The fraction of sp³-hybridized carbons (Fsp3) is 0.357. The molecule has 1 saturated heterocycles. The lowest BCUT2D eigenvalue weighted by Crippen LogP contribution is -2.29. The molecule has 10 nitrogen and oxygen atoms in total. The van der Waals surface area contributed by atoms with E-state index in [-0.39, 0.29) is 12.7 Å². The number of aromatic amines is 1. The van der Waals surface area contributed by atoms with E-state index in [2.05, 4.69) is 69.2 Å². The maximum Gasteiger partial charge on any atom is 0.142 e. The summed E-state index contributed by atoms with van der Waals surface area (Å²) in [5.74, 6) is 2.08. The minimum absolute atomic E-state index is 0.200. The maximum absolute atomic E-state index is 9.81. The first-order valence-corrected chi connectivity index (χ1v) is 18.6. The summed E-state index contributed by atoms with van der Waals surface area (Å²) < 4.78 is 19.1. The lowest BCUT2D eigenvalue weighted by Gasteiger charge is -2.27. The first-order valence-electron chi connectivity index (χ1n) is 18.2. The highest BCUT2D eigenvalue weighted by Crippen LogP contribution is 2.37. The summed E-state index contributed by atoms with van der Waals surface area (Å²) in [5.41, 5.74) is 10.1. The SMILES string of the molecule is Cc1c(COc2cc(OCc3cncc(C#N)c3)c(CN3CCc4[nH]ncc4C3)cc2Cl)cccc1-c1cccc(OCCCN2CCC(O)C2)c1C. The lowest BCUT2D eigenvalue weighted by atomic mass is 9.93. The number of hydrogen-bond donors (Lipinski definition) is 2. The second kappa shape index (κ2) is 16.8. The molecule has 7 rings (SSSR count). The number of likely N-dealkylation sites (tertiary alicyclic amines) is 1. The van der Waals surface area contributed by atoms with Crippen molar-refractivity contribution in [2.24, 2.45) is 0 Å². The molecule has 1 atom stereocenters. The van der Waals surface area contributed by atoms with Gasteiger partial charge in [-0.3, -0.25) is 15.0 Å². The van der Waals surface area contributed by atoms with E-state index >= 15 is 0 Å². The van der Waals surface area contributed by atoms with Crippen molar-refractivity contribution in [3.8, 4) is 34.4 Å². The minimum Gasteiger partial charge on any atom is -0.493 e. The molecule has 2 aliphatic rings. The number of halogens is 1. The van der Waals surface area contributed by atoms with Gasteiger partial charge in [0.1, 0.15) is 36.5 Å². The molecule has 11 heteroatoms. The molecule has 0 bridgehead atoms. The van der Waals surface area contributed by atoms with Crippen molar-refractivity contribution in [3.63, 3.8) is 0 Å². The zero-order valence-corrected chi connectivity index (χ0v) is 31.0. The number of aliphatic hydroxyl groups excluding tert-OH is 1. The number of pyridine rings is 1. The van der Waals surface area contributed by atoms with E-state index < -0.39 is 0 Å². The van der Waals surface area contributed by atoms with Crippen LogP contribution in [0.4, 0.5) is 0 Å². The Morgan fingerprint density at radius 2 is 1.74 bits per heavy atom. The zero-order chi connectivity index (χ0) is 36.7. The van der Waals surface area contributed by atoms with Gasteiger partial charge in [0.2, 0.25) is 0 Å². The third-order valence-corrected chi connectivity index (χ3v) is 10.5. The van der Waals surface area contributed by atoms with Crippen LogP contribution in [0.15, 0.2) is 73.2 Å². The molecular weight excluding hydrogens is 688 g/mol. The second-order valence-corrected chi connectivity index (χ2v) is 14.4. The van der Waals surface area contributed by atoms with Gasteiger partial charge in [0.25, 0.3) is 0 Å². The number of hydrogen-bond acceptors (Lipinski definition) is 9. The number of nitrogens with zero attached hydrogens (tertiary/aromatic N) is 5. The molecule has 0 spiro atoms. The Morgan fingerprint density at radius 3 is 2.57 bits per heavy atom. The maximum atomic E-state index is 9.81. The van der Waals surface area contributed by atoms with Gasteiger partial charge in [-0.25, -0.2) is 0 Å². The Bertz CT molecular complexity index is 2090. The van der Waals surface area contributed by atoms with Crippen molar-refractivity contribution in [2.45, 2.75) is 65.5 Å². The van der Waals surface area contributed by atoms with Gasteiger partial charge in [-0.2, -0.15) is 10.4 Å². The number of fused-ring (bicyclic) bond motifs is 1. The summed E-state index contributed by atoms with van der Waals surface area (Å²) in [4.78, 5) is 8.84. The molecule has 0 radical (unpaired) electrons. The average Bonchev–Trinajstić information content (AvgIpc) is 3.82. The van der Waals surface area contributed by atoms with Gasteiger partial charge in [0, 0.05) is 86.5 Å². The van der Waals surface area contributed by atoms with Gasteiger partial charge in [-0.1, -0.05) is 41.9 Å². The Labute approximate surface area is 315 Å². The van der Waals surface area contributed by atoms with Gasteiger partial charge in [0.15, 0.2) is 0 Å². The van der Waals surface area contributed by atoms with Gasteiger partial charge < -0.3 is 24.2 Å². The van der Waals surface area contributed by atoms with Crippen LogP contribution in [0.2, 0.25) is 5.02 Å². The van der Waals surface area contributed by atoms with E-state index in [4.69, 9.17) is 25.8 Å². The smallest absolute Gasteiger partial charge is 0.142 e. The molecule has 274 valence electrons. The number of aromatic nitrogens is 3. The molecule has 1 fully saturated rings. The molecule has 4 heterocycles. The van der Waals surface area contributed by atoms with E-state index in [9.17, 15) is 10.4 Å². The number of benzene rings is 3. The van der Waals surface area contributed by atoms with Crippen LogP contribution in [-0.2, 0) is 32.7 Å². The third kappa shape index (κ3) is 8.83. The molecule has 5 aromatic rings. The number of H-pyrrole nitrogens is 1. The zero-order valence-electron chi connectivity index (χ0n) is 30.3. The van der Waals surface area contributed by atoms with Crippen LogP contribution in [0.25, 0.3) is 11.1 Å². The van der Waals surface area contributed by atoms with Crippen LogP contribution < -0.4 is 14.2 Å². The quantitative estimate of drug-likeness (QED) is 0.115. The number of nitriles is 1. The number of aliphatic hydroxyl groups is 1. The Morgan fingerprint density at radius 1 is 0.906 bits per heavy atom. The highest BCUT2D eigenvalue weighted by Gasteiger charge is 2.22. The molecule has 0 amide bonds. The van der Waals surface area contributed by atoms with Crippen LogP contribution >= 0.6 is 11.6 Å². The lowest BCUT2D eigenvalue weighted by molar-refractivity contribution is 0.173. The van der Waals surface area contributed by atoms with Gasteiger partial charge >= 0.3 is 0 Å². The van der Waals surface area contributed by atoms with Crippen molar-refractivity contribution in [2.75, 3.05) is 32.8 Å². The average molecular weight is 733 g/mol. The van der Waals surface area contributed by atoms with E-state index in [1.165, 1.54) is 17.5 Å². The second-order valence-electron chi connectivity index (χ2n) is 14.0. The summed E-state index contributed by atoms with van der Waals surface area (Å²) in [5, 5.41) is 27.0. The Kier molecular flexibility index (Phi) is 11.6. The first-order chi connectivity index (χ1) is 25.8. The summed E-state index contributed by atoms with van der Waals surface area (Å²) in [6, 6.07) is 20.2. The van der Waals surface area contributed by atoms with Crippen molar-refractivity contribution < 1.29 is 19.3 Å². The van der Waals surface area contributed by atoms with E-state index in [1.54, 1.807) is 12.3 Å². The fourth-order valence-electron chi connectivity index (χ4n) is 7.22. The molecule has 2 aromatic heterocycles. The minimum atomic E-state index is -0.200. The van der Waals surface area contributed by atoms with Crippen molar-refractivity contribution in [1.82, 2.24) is 25.0 Å². The third-order valence-electron chi connectivity index (χ3n) is 10.2. The number of β-amino-alcohol motifs (C(OH)–C–C–N with tert-alkyl or cyclic N) is 1. The topological polar surface area (TPSA) is 120 Å². The van der Waals surface area contributed by atoms with Crippen LogP contribution in [0.3, 0.4) is 0 Å². The van der Waals surface area contributed by atoms with Crippen LogP contribution in [-0.4, -0.2) is 69.0 Å². The molecular formula is C42H45ClN6O4. The summed E-state index contributed by atoms with van der Waals surface area (Å²) >= 11 is 6.92. The van der Waals surface area contributed by atoms with Crippen molar-refractivity contribution in [1.29, 1.82) is 5.26 Å². The predicted molar refractivity (Wildman–Crippen MR) is 204 cm³/mol. The molecule has 1 unspecified atom stereocenters. The molecule has 0 aliphatic carbocycles. The number of nitrogens with one attached hydrogen (secondary N) is 1. The standard InChI is InChI=1S/C42H45ClN6O4/c1-28-32(6-3-7-36(28)37-8-4-9-40(29(37)2)51-15-5-12-48-13-10-35(50)25-48)27-53-42-18-41(52-26-31-16-30(19-44)20-45-21-31)33(17-38(42)43)23-49-14-11-39-34(24-49)22-46-47-39/h3-4,6-9,16-18,20-22,35,50H,5,10-15,23-27H2,1-2H3,(H,46,47). The highest BCUT2D eigenvalue weighted by molar-refractivity contribution is 6.32. The summed E-state index contributed by atoms with van der Waals surface area (Å²) in [7, 11) is 0. The summed E-state index contributed by atoms with van der Waals surface area (Å²) in [6.07, 6.45) is 7.60. The van der Waals surface area contributed by atoms with Crippen molar-refractivity contribution in [3.05, 3.63) is 123 Å². The number of rotatable bonds is 14. The van der Waals surface area contributed by atoms with Crippen LogP contribution in [0.5, 0.6) is 17.2 Å². The fourth-order valence-corrected chi connectivity index (χ4v) is 7.47. The van der Waals surface area contributed by atoms with Crippen LogP contribution in [0.1, 0.15) is 57.5 Å². The van der Waals surface area contributed by atoms with E-state index in [0.29, 0.717) is 41.8 Å². The molecule has 0 saturated carbocycles. The molecule has 2 N–H and O–H groups in total. The highest BCUT2D eigenvalue weighted by atomic mass is 35.5. The Hall–Kier alpha value is -4.92. The van der Waals surface area contributed by atoms with Gasteiger partial charge in [0.05, 0.1) is 29.5 Å².